The zero-order chi connectivity index (χ0) is 10.2. The van der Waals surface area contributed by atoms with Crippen molar-refractivity contribution in [2.75, 3.05) is 26.3 Å². The summed E-state index contributed by atoms with van der Waals surface area (Å²) in [4.78, 5) is 0. The first-order valence-corrected chi connectivity index (χ1v) is 6.07. The summed E-state index contributed by atoms with van der Waals surface area (Å²) in [6, 6.07) is 0. The Morgan fingerprint density at radius 1 is 1.29 bits per heavy atom. The minimum absolute atomic E-state index is 0.814. The molecule has 1 fully saturated rings. The van der Waals surface area contributed by atoms with E-state index in [9.17, 15) is 0 Å². The second-order valence-electron chi connectivity index (χ2n) is 4.80. The van der Waals surface area contributed by atoms with E-state index in [1.165, 1.54) is 19.3 Å². The quantitative estimate of drug-likeness (QED) is 0.576. The van der Waals surface area contributed by atoms with Crippen LogP contribution in [0.3, 0.4) is 0 Å². The summed E-state index contributed by atoms with van der Waals surface area (Å²) in [7, 11) is 0. The highest BCUT2D eigenvalue weighted by Crippen LogP contribution is 2.28. The van der Waals surface area contributed by atoms with Crippen LogP contribution in [-0.4, -0.2) is 26.3 Å². The number of ether oxygens (including phenoxy) is 1. The maximum absolute atomic E-state index is 5.55. The average molecular weight is 199 g/mol. The van der Waals surface area contributed by atoms with Gasteiger partial charge in [-0.25, -0.2) is 0 Å². The maximum Gasteiger partial charge on any atom is 0.0494 e. The van der Waals surface area contributed by atoms with E-state index >= 15 is 0 Å². The van der Waals surface area contributed by atoms with Gasteiger partial charge in [0.1, 0.15) is 0 Å². The van der Waals surface area contributed by atoms with Crippen molar-refractivity contribution in [3.8, 4) is 0 Å². The number of hydrogen-bond donors (Lipinski definition) is 1. The minimum atomic E-state index is 0.814. The monoisotopic (exact) mass is 199 g/mol. The third kappa shape index (κ3) is 7.34. The summed E-state index contributed by atoms with van der Waals surface area (Å²) >= 11 is 0. The minimum Gasteiger partial charge on any atom is -0.381 e. The Kier molecular flexibility index (Phi) is 6.20. The van der Waals surface area contributed by atoms with Crippen LogP contribution in [0.5, 0.6) is 0 Å². The molecule has 14 heavy (non-hydrogen) atoms. The van der Waals surface area contributed by atoms with Gasteiger partial charge in [-0.3, -0.25) is 0 Å². The summed E-state index contributed by atoms with van der Waals surface area (Å²) in [6.07, 6.45) is 5.23. The van der Waals surface area contributed by atoms with Crippen LogP contribution < -0.4 is 5.32 Å². The summed E-state index contributed by atoms with van der Waals surface area (Å²) in [5.41, 5.74) is 0. The summed E-state index contributed by atoms with van der Waals surface area (Å²) < 4.78 is 5.55. The Balaban J connectivity index is 1.66. The van der Waals surface area contributed by atoms with Gasteiger partial charge in [0.05, 0.1) is 0 Å². The van der Waals surface area contributed by atoms with Gasteiger partial charge >= 0.3 is 0 Å². The van der Waals surface area contributed by atoms with Crippen molar-refractivity contribution >= 4 is 0 Å². The van der Waals surface area contributed by atoms with Crippen molar-refractivity contribution in [1.82, 2.24) is 5.32 Å². The molecule has 1 aliphatic rings. The molecule has 0 amide bonds. The van der Waals surface area contributed by atoms with Crippen LogP contribution in [0, 0.1) is 11.8 Å². The Bertz CT molecular complexity index is 124. The normalized spacial score (nSPS) is 16.5. The average Bonchev–Trinajstić information content (AvgIpc) is 2.92. The molecule has 0 unspecified atom stereocenters. The van der Waals surface area contributed by atoms with Gasteiger partial charge in [-0.2, -0.15) is 0 Å². The highest BCUT2D eigenvalue weighted by atomic mass is 16.5. The molecule has 1 aliphatic carbocycles. The molecule has 0 aromatic rings. The van der Waals surface area contributed by atoms with Gasteiger partial charge in [-0.05, 0) is 50.6 Å². The van der Waals surface area contributed by atoms with Crippen molar-refractivity contribution in [3.05, 3.63) is 0 Å². The van der Waals surface area contributed by atoms with E-state index in [0.717, 1.165) is 44.6 Å². The first-order valence-electron chi connectivity index (χ1n) is 6.07. The van der Waals surface area contributed by atoms with Gasteiger partial charge in [0.2, 0.25) is 0 Å². The molecule has 0 atom stereocenters. The number of nitrogens with one attached hydrogen (secondary N) is 1. The van der Waals surface area contributed by atoms with Crippen LogP contribution in [0.15, 0.2) is 0 Å². The van der Waals surface area contributed by atoms with E-state index in [1.54, 1.807) is 0 Å². The molecule has 1 N–H and O–H groups in total. The molecule has 1 rings (SSSR count). The Labute approximate surface area is 88.4 Å². The summed E-state index contributed by atoms with van der Waals surface area (Å²) in [6.45, 7) is 8.73. The largest absolute Gasteiger partial charge is 0.381 e. The van der Waals surface area contributed by atoms with E-state index in [2.05, 4.69) is 19.2 Å². The van der Waals surface area contributed by atoms with Gasteiger partial charge < -0.3 is 10.1 Å². The first kappa shape index (κ1) is 12.0. The lowest BCUT2D eigenvalue weighted by atomic mass is 10.1. The number of rotatable bonds is 9. The highest BCUT2D eigenvalue weighted by molar-refractivity contribution is 4.71. The molecule has 2 heteroatoms. The second kappa shape index (κ2) is 7.24. The molecule has 1 saturated carbocycles. The lowest BCUT2D eigenvalue weighted by Crippen LogP contribution is -2.19. The van der Waals surface area contributed by atoms with Crippen LogP contribution in [0.1, 0.15) is 39.5 Å². The molecule has 84 valence electrons. The smallest absolute Gasteiger partial charge is 0.0494 e. The molecule has 0 heterocycles. The van der Waals surface area contributed by atoms with Crippen molar-refractivity contribution < 1.29 is 4.74 Å². The third-order valence-electron chi connectivity index (χ3n) is 2.59. The fraction of sp³-hybridized carbons (Fsp3) is 1.00. The molecule has 0 aromatic heterocycles. The predicted octanol–water partition coefficient (Wildman–Crippen LogP) is 2.44. The fourth-order valence-corrected chi connectivity index (χ4v) is 1.35. The van der Waals surface area contributed by atoms with E-state index < -0.39 is 0 Å². The number of hydrogen-bond acceptors (Lipinski definition) is 2. The molecule has 0 saturated heterocycles. The predicted molar refractivity (Wildman–Crippen MR) is 60.5 cm³/mol. The van der Waals surface area contributed by atoms with Crippen LogP contribution in [0.4, 0.5) is 0 Å². The van der Waals surface area contributed by atoms with Crippen molar-refractivity contribution in [3.63, 3.8) is 0 Å². The molecular formula is C12H25NO. The third-order valence-corrected chi connectivity index (χ3v) is 2.59. The molecular weight excluding hydrogens is 174 g/mol. The van der Waals surface area contributed by atoms with Crippen LogP contribution >= 0.6 is 0 Å². The zero-order valence-electron chi connectivity index (χ0n) is 9.72. The first-order chi connectivity index (χ1) is 6.79. The van der Waals surface area contributed by atoms with Gasteiger partial charge in [0.15, 0.2) is 0 Å². The standard InChI is InChI=1S/C12H25NO/c1-11(2)6-8-13-7-3-9-14-10-12-4-5-12/h11-13H,3-10H2,1-2H3. The van der Waals surface area contributed by atoms with Crippen molar-refractivity contribution in [1.29, 1.82) is 0 Å². The Morgan fingerprint density at radius 3 is 2.71 bits per heavy atom. The molecule has 2 nitrogen and oxygen atoms in total. The van der Waals surface area contributed by atoms with Gasteiger partial charge in [0.25, 0.3) is 0 Å². The topological polar surface area (TPSA) is 21.3 Å². The fourth-order valence-electron chi connectivity index (χ4n) is 1.35. The van der Waals surface area contributed by atoms with E-state index in [-0.39, 0.29) is 0 Å². The molecule has 0 aliphatic heterocycles. The van der Waals surface area contributed by atoms with Crippen molar-refractivity contribution in [2.24, 2.45) is 11.8 Å². The summed E-state index contributed by atoms with van der Waals surface area (Å²) in [5.74, 6) is 1.72. The second-order valence-corrected chi connectivity index (χ2v) is 4.80. The molecule has 0 spiro atoms. The highest BCUT2D eigenvalue weighted by Gasteiger charge is 2.20. The van der Waals surface area contributed by atoms with E-state index in [1.807, 2.05) is 0 Å². The van der Waals surface area contributed by atoms with Crippen molar-refractivity contribution in [2.45, 2.75) is 39.5 Å². The molecule has 0 bridgehead atoms. The lowest BCUT2D eigenvalue weighted by Gasteiger charge is -2.07. The molecule has 0 radical (unpaired) electrons. The van der Waals surface area contributed by atoms with Gasteiger partial charge in [-0.1, -0.05) is 13.8 Å². The van der Waals surface area contributed by atoms with E-state index in [4.69, 9.17) is 4.74 Å². The Hall–Kier alpha value is -0.0800. The van der Waals surface area contributed by atoms with E-state index in [0.29, 0.717) is 0 Å². The van der Waals surface area contributed by atoms with Gasteiger partial charge in [-0.15, -0.1) is 0 Å². The lowest BCUT2D eigenvalue weighted by molar-refractivity contribution is 0.122. The zero-order valence-corrected chi connectivity index (χ0v) is 9.72. The summed E-state index contributed by atoms with van der Waals surface area (Å²) in [5, 5.41) is 3.44. The van der Waals surface area contributed by atoms with Crippen LogP contribution in [0.2, 0.25) is 0 Å². The Morgan fingerprint density at radius 2 is 2.07 bits per heavy atom. The molecule has 0 aromatic carbocycles. The SMILES string of the molecule is CC(C)CCNCCCOCC1CC1. The van der Waals surface area contributed by atoms with Crippen LogP contribution in [-0.2, 0) is 4.74 Å². The van der Waals surface area contributed by atoms with Crippen LogP contribution in [0.25, 0.3) is 0 Å². The van der Waals surface area contributed by atoms with Gasteiger partial charge in [0, 0.05) is 13.2 Å². The maximum atomic E-state index is 5.55.